The molecule has 1 fully saturated rings. The second-order valence-corrected chi connectivity index (χ2v) is 6.40. The Hall–Kier alpha value is -2.02. The Kier molecular flexibility index (Phi) is 3.75. The summed E-state index contributed by atoms with van der Waals surface area (Å²) >= 11 is 6.04. The lowest BCUT2D eigenvalue weighted by Gasteiger charge is -2.26. The van der Waals surface area contributed by atoms with Crippen molar-refractivity contribution < 1.29 is 9.47 Å². The number of hydrogen-bond donors (Lipinski definition) is 0. The molecule has 0 saturated carbocycles. The number of aromatic nitrogens is 4. The Bertz CT molecular complexity index is 903. The van der Waals surface area contributed by atoms with Crippen LogP contribution in [0.5, 0.6) is 0 Å². The van der Waals surface area contributed by atoms with E-state index in [0.717, 1.165) is 34.4 Å². The van der Waals surface area contributed by atoms with Gasteiger partial charge in [0.15, 0.2) is 5.82 Å². The van der Waals surface area contributed by atoms with E-state index in [1.807, 2.05) is 19.1 Å². The molecule has 1 saturated heterocycles. The van der Waals surface area contributed by atoms with Crippen LogP contribution < -0.4 is 0 Å². The smallest absolute Gasteiger partial charge is 0.154 e. The summed E-state index contributed by atoms with van der Waals surface area (Å²) in [5.41, 5.74) is 2.32. The van der Waals surface area contributed by atoms with Crippen molar-refractivity contribution in [2.24, 2.45) is 0 Å². The van der Waals surface area contributed by atoms with E-state index in [1.54, 1.807) is 30.3 Å². The maximum absolute atomic E-state index is 6.04. The average molecular weight is 345 g/mol. The Morgan fingerprint density at radius 1 is 1.29 bits per heavy atom. The van der Waals surface area contributed by atoms with E-state index in [4.69, 9.17) is 26.1 Å². The van der Waals surface area contributed by atoms with E-state index in [1.165, 1.54) is 0 Å². The first-order valence-corrected chi connectivity index (χ1v) is 8.11. The summed E-state index contributed by atoms with van der Waals surface area (Å²) < 4.78 is 13.1. The molecule has 4 rings (SSSR count). The maximum atomic E-state index is 6.04. The summed E-state index contributed by atoms with van der Waals surface area (Å²) in [6, 6.07) is 5.82. The standard InChI is InChI=1S/C17H17ClN4O2/c1-11-5-14(17(23-2)3-4-24-10-17)21-16(6-11)22-13-7-15(18)19-8-12(13)9-20-22/h5-9H,3-4,10H2,1-2H3. The van der Waals surface area contributed by atoms with Crippen LogP contribution in [0.4, 0.5) is 0 Å². The third-order valence-corrected chi connectivity index (χ3v) is 4.64. The van der Waals surface area contributed by atoms with Crippen LogP contribution in [0, 0.1) is 6.92 Å². The fourth-order valence-corrected chi connectivity index (χ4v) is 3.24. The first-order valence-electron chi connectivity index (χ1n) is 7.73. The van der Waals surface area contributed by atoms with Gasteiger partial charge in [-0.15, -0.1) is 0 Å². The fourth-order valence-electron chi connectivity index (χ4n) is 3.08. The largest absolute Gasteiger partial charge is 0.378 e. The quantitative estimate of drug-likeness (QED) is 0.683. The van der Waals surface area contributed by atoms with Crippen molar-refractivity contribution in [1.82, 2.24) is 19.7 Å². The normalized spacial score (nSPS) is 20.8. The Morgan fingerprint density at radius 3 is 2.92 bits per heavy atom. The molecule has 7 heteroatoms. The van der Waals surface area contributed by atoms with Gasteiger partial charge in [0.1, 0.15) is 10.8 Å². The van der Waals surface area contributed by atoms with Crippen molar-refractivity contribution >= 4 is 22.5 Å². The Balaban J connectivity index is 1.88. The number of hydrogen-bond acceptors (Lipinski definition) is 5. The van der Waals surface area contributed by atoms with Gasteiger partial charge in [-0.25, -0.2) is 14.6 Å². The molecule has 6 nitrogen and oxygen atoms in total. The van der Waals surface area contributed by atoms with E-state index in [2.05, 4.69) is 10.1 Å². The summed E-state index contributed by atoms with van der Waals surface area (Å²) in [6.45, 7) is 3.22. The van der Waals surface area contributed by atoms with Crippen LogP contribution in [-0.4, -0.2) is 40.1 Å². The molecule has 0 radical (unpaired) electrons. The summed E-state index contributed by atoms with van der Waals surface area (Å²) in [5.74, 6) is 0.727. The van der Waals surface area contributed by atoms with E-state index in [-0.39, 0.29) is 0 Å². The molecule has 1 aliphatic heterocycles. The number of methoxy groups -OCH3 is 1. The van der Waals surface area contributed by atoms with Gasteiger partial charge in [-0.2, -0.15) is 5.10 Å². The molecule has 0 spiro atoms. The maximum Gasteiger partial charge on any atom is 0.154 e. The van der Waals surface area contributed by atoms with Crippen LogP contribution in [0.25, 0.3) is 16.7 Å². The third-order valence-electron chi connectivity index (χ3n) is 4.44. The third kappa shape index (κ3) is 2.47. The number of ether oxygens (including phenoxy) is 2. The number of halogens is 1. The van der Waals surface area contributed by atoms with Crippen LogP contribution in [-0.2, 0) is 15.1 Å². The predicted molar refractivity (Wildman–Crippen MR) is 90.5 cm³/mol. The molecule has 0 bridgehead atoms. The highest BCUT2D eigenvalue weighted by atomic mass is 35.5. The SMILES string of the molecule is COC1(c2cc(C)cc(-n3ncc4cnc(Cl)cc43)n2)CCOC1. The Morgan fingerprint density at radius 2 is 2.17 bits per heavy atom. The highest BCUT2D eigenvalue weighted by molar-refractivity contribution is 6.30. The lowest BCUT2D eigenvalue weighted by atomic mass is 9.97. The average Bonchev–Trinajstić information content (AvgIpc) is 3.21. The van der Waals surface area contributed by atoms with Crippen molar-refractivity contribution in [2.45, 2.75) is 18.9 Å². The van der Waals surface area contributed by atoms with E-state index in [0.29, 0.717) is 18.4 Å². The van der Waals surface area contributed by atoms with Gasteiger partial charge in [-0.3, -0.25) is 0 Å². The number of rotatable bonds is 3. The van der Waals surface area contributed by atoms with Crippen molar-refractivity contribution in [3.05, 3.63) is 47.0 Å². The van der Waals surface area contributed by atoms with Crippen LogP contribution in [0.15, 0.2) is 30.6 Å². The van der Waals surface area contributed by atoms with Gasteiger partial charge in [0.25, 0.3) is 0 Å². The predicted octanol–water partition coefficient (Wildman–Crippen LogP) is 3.04. The minimum absolute atomic E-state index is 0.426. The zero-order valence-electron chi connectivity index (χ0n) is 13.5. The van der Waals surface area contributed by atoms with Gasteiger partial charge in [-0.05, 0) is 24.6 Å². The van der Waals surface area contributed by atoms with Crippen LogP contribution in [0.3, 0.4) is 0 Å². The molecule has 24 heavy (non-hydrogen) atoms. The number of aryl methyl sites for hydroxylation is 1. The number of nitrogens with zero attached hydrogens (tertiary/aromatic N) is 4. The summed E-state index contributed by atoms with van der Waals surface area (Å²) in [7, 11) is 1.70. The minimum atomic E-state index is -0.497. The van der Waals surface area contributed by atoms with Gasteiger partial charge in [0.05, 0.1) is 24.0 Å². The highest BCUT2D eigenvalue weighted by Crippen LogP contribution is 2.34. The molecule has 3 aromatic rings. The minimum Gasteiger partial charge on any atom is -0.378 e. The van der Waals surface area contributed by atoms with Gasteiger partial charge < -0.3 is 9.47 Å². The molecule has 0 aromatic carbocycles. The molecular weight excluding hydrogens is 328 g/mol. The van der Waals surface area contributed by atoms with E-state index in [9.17, 15) is 0 Å². The molecule has 0 aliphatic carbocycles. The molecule has 124 valence electrons. The lowest BCUT2D eigenvalue weighted by Crippen LogP contribution is -2.30. The van der Waals surface area contributed by atoms with Crippen LogP contribution in [0.1, 0.15) is 17.7 Å². The van der Waals surface area contributed by atoms with Gasteiger partial charge in [0.2, 0.25) is 0 Å². The van der Waals surface area contributed by atoms with Gasteiger partial charge in [0, 0.05) is 37.8 Å². The monoisotopic (exact) mass is 344 g/mol. The van der Waals surface area contributed by atoms with Crippen molar-refractivity contribution in [1.29, 1.82) is 0 Å². The molecule has 3 aromatic heterocycles. The van der Waals surface area contributed by atoms with Crippen molar-refractivity contribution in [3.63, 3.8) is 0 Å². The molecule has 1 aliphatic rings. The topological polar surface area (TPSA) is 62.1 Å². The molecular formula is C17H17ClN4O2. The molecule has 1 unspecified atom stereocenters. The summed E-state index contributed by atoms with van der Waals surface area (Å²) in [5, 5.41) is 5.79. The zero-order chi connectivity index (χ0) is 16.7. The van der Waals surface area contributed by atoms with E-state index >= 15 is 0 Å². The molecule has 1 atom stereocenters. The lowest BCUT2D eigenvalue weighted by molar-refractivity contribution is -0.0246. The van der Waals surface area contributed by atoms with Gasteiger partial charge >= 0.3 is 0 Å². The molecule has 4 heterocycles. The second kappa shape index (κ2) is 5.81. The summed E-state index contributed by atoms with van der Waals surface area (Å²) in [4.78, 5) is 8.90. The summed E-state index contributed by atoms with van der Waals surface area (Å²) in [6.07, 6.45) is 4.25. The van der Waals surface area contributed by atoms with Gasteiger partial charge in [-0.1, -0.05) is 11.6 Å². The van der Waals surface area contributed by atoms with Crippen LogP contribution >= 0.6 is 11.6 Å². The molecule has 0 N–H and O–H groups in total. The number of fused-ring (bicyclic) bond motifs is 1. The fraction of sp³-hybridized carbons (Fsp3) is 0.353. The first kappa shape index (κ1) is 15.5. The number of pyridine rings is 2. The van der Waals surface area contributed by atoms with Crippen LogP contribution in [0.2, 0.25) is 5.15 Å². The van der Waals surface area contributed by atoms with E-state index < -0.39 is 5.60 Å². The first-order chi connectivity index (χ1) is 11.6. The highest BCUT2D eigenvalue weighted by Gasteiger charge is 2.38. The van der Waals surface area contributed by atoms with Crippen molar-refractivity contribution in [3.8, 4) is 5.82 Å². The zero-order valence-corrected chi connectivity index (χ0v) is 14.2. The molecule has 0 amide bonds. The Labute approximate surface area is 144 Å². The second-order valence-electron chi connectivity index (χ2n) is 6.01. The van der Waals surface area contributed by atoms with Crippen molar-refractivity contribution in [2.75, 3.05) is 20.3 Å².